The van der Waals surface area contributed by atoms with Crippen LogP contribution in [0.15, 0.2) is 60.7 Å². The van der Waals surface area contributed by atoms with Crippen molar-refractivity contribution in [3.63, 3.8) is 0 Å². The van der Waals surface area contributed by atoms with Crippen LogP contribution >= 0.6 is 0 Å². The van der Waals surface area contributed by atoms with Crippen LogP contribution in [-0.4, -0.2) is 0 Å². The fraction of sp³-hybridized carbons (Fsp3) is 0.0556. The van der Waals surface area contributed by atoms with Crippen LogP contribution in [0.2, 0.25) is 0 Å². The van der Waals surface area contributed by atoms with Gasteiger partial charge < -0.3 is 11.1 Å². The average molecular weight is 273 g/mol. The largest absolute Gasteiger partial charge is 0.397 e. The molecule has 3 N–H and O–H groups in total. The normalized spacial score (nSPS) is 10.2. The molecule has 3 heteroatoms. The van der Waals surface area contributed by atoms with Crippen LogP contribution in [0.5, 0.6) is 0 Å². The maximum Gasteiger partial charge on any atom is 0.0992 e. The van der Waals surface area contributed by atoms with E-state index >= 15 is 0 Å². The second kappa shape index (κ2) is 5.56. The molecule has 3 rings (SSSR count). The van der Waals surface area contributed by atoms with Crippen molar-refractivity contribution >= 4 is 22.1 Å². The fourth-order valence-electron chi connectivity index (χ4n) is 2.43. The highest BCUT2D eigenvalue weighted by atomic mass is 14.9. The zero-order valence-electron chi connectivity index (χ0n) is 11.5. The summed E-state index contributed by atoms with van der Waals surface area (Å²) in [6.07, 6.45) is 0. The summed E-state index contributed by atoms with van der Waals surface area (Å²) in [4.78, 5) is 0. The van der Waals surface area contributed by atoms with Crippen molar-refractivity contribution in [3.8, 4) is 6.07 Å². The van der Waals surface area contributed by atoms with Crippen LogP contribution in [0.25, 0.3) is 10.8 Å². The number of anilines is 2. The van der Waals surface area contributed by atoms with Gasteiger partial charge in [-0.25, -0.2) is 0 Å². The molecule has 3 nitrogen and oxygen atoms in total. The molecule has 0 aliphatic carbocycles. The van der Waals surface area contributed by atoms with Gasteiger partial charge in [-0.1, -0.05) is 42.5 Å². The second-order valence-corrected chi connectivity index (χ2v) is 4.91. The summed E-state index contributed by atoms with van der Waals surface area (Å²) in [7, 11) is 0. The molecule has 0 bridgehead atoms. The molecule has 0 saturated heterocycles. The minimum Gasteiger partial charge on any atom is -0.397 e. The van der Waals surface area contributed by atoms with Crippen molar-refractivity contribution in [2.24, 2.45) is 0 Å². The lowest BCUT2D eigenvalue weighted by Crippen LogP contribution is -2.03. The summed E-state index contributed by atoms with van der Waals surface area (Å²) in [5.41, 5.74) is 9.19. The molecule has 0 saturated carbocycles. The molecule has 0 unspecified atom stereocenters. The highest BCUT2D eigenvalue weighted by molar-refractivity contribution is 5.86. The van der Waals surface area contributed by atoms with Crippen molar-refractivity contribution in [1.29, 1.82) is 5.26 Å². The van der Waals surface area contributed by atoms with E-state index in [0.29, 0.717) is 17.8 Å². The zero-order chi connectivity index (χ0) is 14.7. The van der Waals surface area contributed by atoms with E-state index in [1.165, 1.54) is 16.3 Å². The van der Waals surface area contributed by atoms with E-state index in [9.17, 15) is 0 Å². The lowest BCUT2D eigenvalue weighted by Gasteiger charge is -2.11. The number of nitrogens with zero attached hydrogens (tertiary/aromatic N) is 1. The van der Waals surface area contributed by atoms with Gasteiger partial charge in [-0.3, -0.25) is 0 Å². The van der Waals surface area contributed by atoms with Crippen molar-refractivity contribution in [2.75, 3.05) is 11.1 Å². The summed E-state index contributed by atoms with van der Waals surface area (Å²) >= 11 is 0. The van der Waals surface area contributed by atoms with Crippen molar-refractivity contribution in [2.45, 2.75) is 6.54 Å². The Balaban J connectivity index is 1.86. The van der Waals surface area contributed by atoms with Gasteiger partial charge in [0, 0.05) is 6.54 Å². The molecule has 102 valence electrons. The lowest BCUT2D eigenvalue weighted by molar-refractivity contribution is 1.17. The number of hydrogen-bond acceptors (Lipinski definition) is 3. The second-order valence-electron chi connectivity index (χ2n) is 4.91. The summed E-state index contributed by atoms with van der Waals surface area (Å²) in [6, 6.07) is 22.0. The number of nitrogens with two attached hydrogens (primary N) is 1. The van der Waals surface area contributed by atoms with Crippen molar-refractivity contribution < 1.29 is 0 Å². The fourth-order valence-corrected chi connectivity index (χ4v) is 2.43. The van der Waals surface area contributed by atoms with Gasteiger partial charge in [0.2, 0.25) is 0 Å². The molecule has 0 amide bonds. The third-order valence-electron chi connectivity index (χ3n) is 3.53. The topological polar surface area (TPSA) is 61.8 Å². The summed E-state index contributed by atoms with van der Waals surface area (Å²) < 4.78 is 0. The number of nitriles is 1. The van der Waals surface area contributed by atoms with Gasteiger partial charge in [-0.2, -0.15) is 5.26 Å². The van der Waals surface area contributed by atoms with Gasteiger partial charge in [0.15, 0.2) is 0 Å². The predicted octanol–water partition coefficient (Wildman–Crippen LogP) is 3.91. The summed E-state index contributed by atoms with van der Waals surface area (Å²) in [6.45, 7) is 0.692. The summed E-state index contributed by atoms with van der Waals surface area (Å²) in [5, 5.41) is 14.7. The minimum atomic E-state index is 0.572. The van der Waals surface area contributed by atoms with Crippen LogP contribution < -0.4 is 11.1 Å². The molecule has 0 aromatic heterocycles. The Morgan fingerprint density at radius 3 is 2.62 bits per heavy atom. The maximum absolute atomic E-state index is 8.85. The molecule has 0 fully saturated rings. The van der Waals surface area contributed by atoms with Crippen molar-refractivity contribution in [1.82, 2.24) is 0 Å². The van der Waals surface area contributed by atoms with E-state index in [1.54, 1.807) is 12.1 Å². The number of benzene rings is 3. The van der Waals surface area contributed by atoms with Gasteiger partial charge in [-0.15, -0.1) is 0 Å². The molecule has 0 aliphatic rings. The van der Waals surface area contributed by atoms with Gasteiger partial charge in [0.05, 0.1) is 23.0 Å². The number of fused-ring (bicyclic) bond motifs is 1. The minimum absolute atomic E-state index is 0.572. The molecule has 3 aromatic rings. The van der Waals surface area contributed by atoms with E-state index in [1.807, 2.05) is 18.2 Å². The molecular weight excluding hydrogens is 258 g/mol. The third kappa shape index (κ3) is 2.65. The van der Waals surface area contributed by atoms with Crippen LogP contribution in [0.1, 0.15) is 11.1 Å². The zero-order valence-corrected chi connectivity index (χ0v) is 11.5. The quantitative estimate of drug-likeness (QED) is 0.711. The van der Waals surface area contributed by atoms with E-state index in [2.05, 4.69) is 41.7 Å². The monoisotopic (exact) mass is 273 g/mol. The van der Waals surface area contributed by atoms with E-state index in [0.717, 1.165) is 5.69 Å². The number of hydrogen-bond donors (Lipinski definition) is 2. The van der Waals surface area contributed by atoms with Gasteiger partial charge in [0.1, 0.15) is 0 Å². The van der Waals surface area contributed by atoms with Crippen LogP contribution in [0, 0.1) is 11.3 Å². The highest BCUT2D eigenvalue weighted by Crippen LogP contribution is 2.23. The van der Waals surface area contributed by atoms with Crippen molar-refractivity contribution in [3.05, 3.63) is 71.8 Å². The molecular formula is C18H15N3. The Labute approximate surface area is 123 Å². The highest BCUT2D eigenvalue weighted by Gasteiger charge is 2.03. The number of rotatable bonds is 3. The molecule has 0 aliphatic heterocycles. The predicted molar refractivity (Wildman–Crippen MR) is 86.8 cm³/mol. The first-order valence-electron chi connectivity index (χ1n) is 6.78. The first-order valence-corrected chi connectivity index (χ1v) is 6.78. The maximum atomic E-state index is 8.85. The van der Waals surface area contributed by atoms with Crippen LogP contribution in [0.3, 0.4) is 0 Å². The van der Waals surface area contributed by atoms with E-state index in [4.69, 9.17) is 11.0 Å². The Bertz CT molecular complexity index is 826. The smallest absolute Gasteiger partial charge is 0.0992 e. The number of nitrogen functional groups attached to an aromatic ring is 1. The first kappa shape index (κ1) is 13.0. The third-order valence-corrected chi connectivity index (χ3v) is 3.53. The Kier molecular flexibility index (Phi) is 3.44. The summed E-state index contributed by atoms with van der Waals surface area (Å²) in [5.74, 6) is 0. The number of nitrogens with one attached hydrogen (secondary N) is 1. The SMILES string of the molecule is N#Cc1ccc(NCc2cccc3ccccc23)c(N)c1. The Morgan fingerprint density at radius 2 is 1.81 bits per heavy atom. The Morgan fingerprint density at radius 1 is 1.00 bits per heavy atom. The van der Waals surface area contributed by atoms with Gasteiger partial charge in [-0.05, 0) is 34.5 Å². The molecule has 21 heavy (non-hydrogen) atoms. The molecule has 0 atom stereocenters. The first-order chi connectivity index (χ1) is 10.3. The molecule has 0 heterocycles. The van der Waals surface area contributed by atoms with E-state index in [-0.39, 0.29) is 0 Å². The van der Waals surface area contributed by atoms with Gasteiger partial charge in [0.25, 0.3) is 0 Å². The standard InChI is InChI=1S/C18H15N3/c19-11-13-8-9-18(17(20)10-13)21-12-15-6-3-5-14-4-1-2-7-16(14)15/h1-10,21H,12,20H2. The van der Waals surface area contributed by atoms with Crippen LogP contribution in [0.4, 0.5) is 11.4 Å². The average Bonchev–Trinajstić information content (AvgIpc) is 2.53. The lowest BCUT2D eigenvalue weighted by atomic mass is 10.0. The van der Waals surface area contributed by atoms with Crippen LogP contribution in [-0.2, 0) is 6.54 Å². The Hall–Kier alpha value is -2.99. The molecule has 0 radical (unpaired) electrons. The van der Waals surface area contributed by atoms with Gasteiger partial charge >= 0.3 is 0 Å². The molecule has 0 spiro atoms. The van der Waals surface area contributed by atoms with E-state index < -0.39 is 0 Å². The molecule has 3 aromatic carbocycles.